The van der Waals surface area contributed by atoms with Gasteiger partial charge in [0.05, 0.1) is 5.71 Å². The average Bonchev–Trinajstić information content (AvgIpc) is 2.48. The SMILES string of the molecule is CC1=NC(c2ccc(C)cc2)N=C1N. The van der Waals surface area contributed by atoms with Gasteiger partial charge in [0.1, 0.15) is 5.84 Å². The number of benzene rings is 1. The van der Waals surface area contributed by atoms with Crippen molar-refractivity contribution in [2.75, 3.05) is 0 Å². The molecule has 0 radical (unpaired) electrons. The number of rotatable bonds is 1. The normalized spacial score (nSPS) is 20.6. The molecule has 0 spiro atoms. The van der Waals surface area contributed by atoms with Crippen LogP contribution in [0.3, 0.4) is 0 Å². The fourth-order valence-corrected chi connectivity index (χ4v) is 1.39. The third-order valence-corrected chi connectivity index (χ3v) is 2.32. The van der Waals surface area contributed by atoms with Crippen LogP contribution in [-0.4, -0.2) is 11.5 Å². The standard InChI is InChI=1S/C11H13N3/c1-7-3-5-9(6-4-7)11-13-8(2)10(12)14-11/h3-6,11H,1-2H3,(H2,12,14). The Kier molecular flexibility index (Phi) is 2.08. The molecule has 72 valence electrons. The van der Waals surface area contributed by atoms with Crippen molar-refractivity contribution in [1.29, 1.82) is 0 Å². The lowest BCUT2D eigenvalue weighted by atomic mass is 10.1. The fourth-order valence-electron chi connectivity index (χ4n) is 1.39. The van der Waals surface area contributed by atoms with E-state index in [1.807, 2.05) is 19.1 Å². The maximum absolute atomic E-state index is 5.66. The van der Waals surface area contributed by atoms with Crippen molar-refractivity contribution in [3.8, 4) is 0 Å². The molecular weight excluding hydrogens is 174 g/mol. The lowest BCUT2D eigenvalue weighted by Gasteiger charge is -2.03. The van der Waals surface area contributed by atoms with Crippen LogP contribution in [-0.2, 0) is 0 Å². The van der Waals surface area contributed by atoms with Crippen LogP contribution < -0.4 is 5.73 Å². The largest absolute Gasteiger partial charge is 0.382 e. The summed E-state index contributed by atoms with van der Waals surface area (Å²) in [6.45, 7) is 3.94. The molecule has 14 heavy (non-hydrogen) atoms. The molecule has 3 heteroatoms. The van der Waals surface area contributed by atoms with Gasteiger partial charge in [-0.25, -0.2) is 4.99 Å². The lowest BCUT2D eigenvalue weighted by Crippen LogP contribution is -2.17. The monoisotopic (exact) mass is 187 g/mol. The molecule has 1 aliphatic rings. The van der Waals surface area contributed by atoms with Gasteiger partial charge in [-0.15, -0.1) is 0 Å². The number of nitrogens with zero attached hydrogens (tertiary/aromatic N) is 2. The number of hydrogen-bond acceptors (Lipinski definition) is 3. The molecule has 0 saturated heterocycles. The second-order valence-corrected chi connectivity index (χ2v) is 3.51. The number of aryl methyl sites for hydroxylation is 1. The minimum atomic E-state index is -0.129. The summed E-state index contributed by atoms with van der Waals surface area (Å²) in [7, 11) is 0. The van der Waals surface area contributed by atoms with Gasteiger partial charge in [0.25, 0.3) is 0 Å². The molecule has 0 bridgehead atoms. The van der Waals surface area contributed by atoms with Crippen LogP contribution in [0.25, 0.3) is 0 Å². The summed E-state index contributed by atoms with van der Waals surface area (Å²) in [5.41, 5.74) is 8.82. The van der Waals surface area contributed by atoms with Gasteiger partial charge in [-0.1, -0.05) is 29.8 Å². The second-order valence-electron chi connectivity index (χ2n) is 3.51. The van der Waals surface area contributed by atoms with Crippen LogP contribution in [0.5, 0.6) is 0 Å². The highest BCUT2D eigenvalue weighted by Gasteiger charge is 2.16. The van der Waals surface area contributed by atoms with Gasteiger partial charge in [0.2, 0.25) is 0 Å². The quantitative estimate of drug-likeness (QED) is 0.716. The van der Waals surface area contributed by atoms with Gasteiger partial charge >= 0.3 is 0 Å². The highest BCUT2D eigenvalue weighted by atomic mass is 15.1. The number of nitrogens with two attached hydrogens (primary N) is 1. The van der Waals surface area contributed by atoms with E-state index in [0.717, 1.165) is 11.3 Å². The van der Waals surface area contributed by atoms with E-state index in [1.165, 1.54) is 5.56 Å². The van der Waals surface area contributed by atoms with Crippen LogP contribution in [0.1, 0.15) is 24.2 Å². The van der Waals surface area contributed by atoms with E-state index in [1.54, 1.807) is 0 Å². The van der Waals surface area contributed by atoms with Gasteiger partial charge in [-0.2, -0.15) is 0 Å². The number of hydrogen-bond donors (Lipinski definition) is 1. The van der Waals surface area contributed by atoms with Crippen molar-refractivity contribution < 1.29 is 0 Å². The first-order chi connectivity index (χ1) is 6.66. The number of amidine groups is 1. The molecule has 0 aromatic heterocycles. The van der Waals surface area contributed by atoms with E-state index in [9.17, 15) is 0 Å². The Balaban J connectivity index is 2.31. The molecule has 1 aliphatic heterocycles. The van der Waals surface area contributed by atoms with Gasteiger partial charge < -0.3 is 5.73 Å². The van der Waals surface area contributed by atoms with Crippen LogP contribution in [0, 0.1) is 6.92 Å². The van der Waals surface area contributed by atoms with E-state index in [0.29, 0.717) is 5.84 Å². The maximum atomic E-state index is 5.66. The lowest BCUT2D eigenvalue weighted by molar-refractivity contribution is 0.796. The third kappa shape index (κ3) is 1.53. The summed E-state index contributed by atoms with van der Waals surface area (Å²) < 4.78 is 0. The first kappa shape index (κ1) is 8.94. The zero-order valence-electron chi connectivity index (χ0n) is 8.36. The summed E-state index contributed by atoms with van der Waals surface area (Å²) >= 11 is 0. The van der Waals surface area contributed by atoms with Crippen LogP contribution in [0.2, 0.25) is 0 Å². The second kappa shape index (κ2) is 3.25. The van der Waals surface area contributed by atoms with Crippen molar-refractivity contribution in [2.24, 2.45) is 15.7 Å². The summed E-state index contributed by atoms with van der Waals surface area (Å²) in [5, 5.41) is 0. The molecule has 0 fully saturated rings. The zero-order valence-corrected chi connectivity index (χ0v) is 8.36. The Morgan fingerprint density at radius 3 is 2.21 bits per heavy atom. The Morgan fingerprint density at radius 2 is 1.71 bits per heavy atom. The van der Waals surface area contributed by atoms with Crippen molar-refractivity contribution in [3.05, 3.63) is 35.4 Å². The predicted molar refractivity (Wildman–Crippen MR) is 58.7 cm³/mol. The first-order valence-electron chi connectivity index (χ1n) is 4.61. The van der Waals surface area contributed by atoms with Crippen molar-refractivity contribution in [3.63, 3.8) is 0 Å². The average molecular weight is 187 g/mol. The van der Waals surface area contributed by atoms with Gasteiger partial charge in [0.15, 0.2) is 6.17 Å². The minimum absolute atomic E-state index is 0.129. The summed E-state index contributed by atoms with van der Waals surface area (Å²) in [5.74, 6) is 0.551. The van der Waals surface area contributed by atoms with E-state index in [2.05, 4.69) is 29.0 Å². The van der Waals surface area contributed by atoms with E-state index in [4.69, 9.17) is 5.73 Å². The zero-order chi connectivity index (χ0) is 10.1. The minimum Gasteiger partial charge on any atom is -0.382 e. The van der Waals surface area contributed by atoms with Gasteiger partial charge in [0, 0.05) is 0 Å². The Hall–Kier alpha value is -1.64. The summed E-state index contributed by atoms with van der Waals surface area (Å²) in [6, 6.07) is 8.20. The van der Waals surface area contributed by atoms with Gasteiger partial charge in [-0.3, -0.25) is 4.99 Å². The summed E-state index contributed by atoms with van der Waals surface area (Å²) in [6.07, 6.45) is -0.129. The Bertz CT molecular complexity index is 383. The van der Waals surface area contributed by atoms with Gasteiger partial charge in [-0.05, 0) is 19.4 Å². The smallest absolute Gasteiger partial charge is 0.167 e. The molecule has 2 N–H and O–H groups in total. The fraction of sp³-hybridized carbons (Fsp3) is 0.273. The molecule has 1 aromatic rings. The van der Waals surface area contributed by atoms with E-state index in [-0.39, 0.29) is 6.17 Å². The summed E-state index contributed by atoms with van der Waals surface area (Å²) in [4.78, 5) is 8.62. The van der Waals surface area contributed by atoms with Crippen LogP contribution >= 0.6 is 0 Å². The van der Waals surface area contributed by atoms with E-state index < -0.39 is 0 Å². The highest BCUT2D eigenvalue weighted by Crippen LogP contribution is 2.22. The topological polar surface area (TPSA) is 50.7 Å². The van der Waals surface area contributed by atoms with Crippen LogP contribution in [0.4, 0.5) is 0 Å². The molecule has 3 nitrogen and oxygen atoms in total. The van der Waals surface area contributed by atoms with E-state index >= 15 is 0 Å². The van der Waals surface area contributed by atoms with Crippen molar-refractivity contribution in [2.45, 2.75) is 20.0 Å². The maximum Gasteiger partial charge on any atom is 0.167 e. The molecule has 2 rings (SSSR count). The Morgan fingerprint density at radius 1 is 1.07 bits per heavy atom. The molecule has 1 heterocycles. The molecule has 1 unspecified atom stereocenters. The number of aliphatic imine (C=N–C) groups is 2. The molecule has 0 aliphatic carbocycles. The Labute approximate surface area is 83.4 Å². The molecule has 1 aromatic carbocycles. The predicted octanol–water partition coefficient (Wildman–Crippen LogP) is 1.83. The highest BCUT2D eigenvalue weighted by molar-refractivity contribution is 6.41. The van der Waals surface area contributed by atoms with Crippen molar-refractivity contribution >= 4 is 11.5 Å². The molecular formula is C11H13N3. The molecule has 0 saturated carbocycles. The van der Waals surface area contributed by atoms with Crippen molar-refractivity contribution in [1.82, 2.24) is 0 Å². The molecule has 0 amide bonds. The third-order valence-electron chi connectivity index (χ3n) is 2.32. The first-order valence-corrected chi connectivity index (χ1v) is 4.61. The van der Waals surface area contributed by atoms with Crippen LogP contribution in [0.15, 0.2) is 34.3 Å². The molecule has 1 atom stereocenters.